The minimum atomic E-state index is -0.234. The van der Waals surface area contributed by atoms with Crippen molar-refractivity contribution in [3.63, 3.8) is 0 Å². The molecule has 5 nitrogen and oxygen atoms in total. The van der Waals surface area contributed by atoms with Gasteiger partial charge in [-0.2, -0.15) is 0 Å². The van der Waals surface area contributed by atoms with Crippen LogP contribution in [0.5, 0.6) is 17.2 Å². The van der Waals surface area contributed by atoms with Crippen LogP contribution in [0.4, 0.5) is 0 Å². The van der Waals surface area contributed by atoms with E-state index >= 15 is 0 Å². The summed E-state index contributed by atoms with van der Waals surface area (Å²) >= 11 is 5.65. The van der Waals surface area contributed by atoms with Gasteiger partial charge in [-0.25, -0.2) is 0 Å². The summed E-state index contributed by atoms with van der Waals surface area (Å²) in [5.74, 6) is 1.74. The molecule has 1 unspecified atom stereocenters. The highest BCUT2D eigenvalue weighted by molar-refractivity contribution is 6.19. The van der Waals surface area contributed by atoms with Crippen LogP contribution in [-0.4, -0.2) is 33.1 Å². The molecule has 0 aliphatic carbocycles. The molecule has 0 aliphatic rings. The Balaban J connectivity index is 2.91. The molecular weight excluding hydrogens is 282 g/mol. The highest BCUT2D eigenvalue weighted by atomic mass is 35.5. The number of ether oxygens (including phenoxy) is 3. The van der Waals surface area contributed by atoms with Crippen LogP contribution in [0.1, 0.15) is 12.5 Å². The number of nitrogens with one attached hydrogen (secondary N) is 1. The summed E-state index contributed by atoms with van der Waals surface area (Å²) < 4.78 is 15.7. The quantitative estimate of drug-likeness (QED) is 0.785. The molecule has 1 amide bonds. The molecule has 0 spiro atoms. The van der Waals surface area contributed by atoms with Crippen LogP contribution in [0.2, 0.25) is 0 Å². The van der Waals surface area contributed by atoms with Gasteiger partial charge in [-0.3, -0.25) is 4.79 Å². The second-order valence-electron chi connectivity index (χ2n) is 4.29. The van der Waals surface area contributed by atoms with E-state index in [0.717, 1.165) is 5.56 Å². The number of hydrogen-bond acceptors (Lipinski definition) is 4. The molecule has 6 heteroatoms. The van der Waals surface area contributed by atoms with Crippen LogP contribution in [0.25, 0.3) is 0 Å². The minimum absolute atomic E-state index is 0.100. The van der Waals surface area contributed by atoms with Crippen LogP contribution in [0.15, 0.2) is 12.1 Å². The van der Waals surface area contributed by atoms with Crippen molar-refractivity contribution in [3.8, 4) is 17.2 Å². The molecule has 0 saturated carbocycles. The Morgan fingerprint density at radius 3 is 2.20 bits per heavy atom. The average molecular weight is 302 g/mol. The molecule has 0 bridgehead atoms. The van der Waals surface area contributed by atoms with Crippen LogP contribution >= 0.6 is 11.6 Å². The van der Waals surface area contributed by atoms with E-state index in [1.54, 1.807) is 40.4 Å². The minimum Gasteiger partial charge on any atom is -0.496 e. The predicted octanol–water partition coefficient (Wildman–Crippen LogP) is 2.20. The van der Waals surface area contributed by atoms with E-state index in [9.17, 15) is 4.79 Å². The number of rotatable bonds is 7. The van der Waals surface area contributed by atoms with Gasteiger partial charge in [-0.1, -0.05) is 6.92 Å². The molecule has 1 aromatic rings. The van der Waals surface area contributed by atoms with Crippen molar-refractivity contribution in [2.24, 2.45) is 5.92 Å². The highest BCUT2D eigenvalue weighted by Crippen LogP contribution is 2.34. The third-order valence-electron chi connectivity index (χ3n) is 2.92. The number of halogens is 1. The van der Waals surface area contributed by atoms with E-state index in [2.05, 4.69) is 5.32 Å². The number of carbonyl (C=O) groups excluding carboxylic acids is 1. The highest BCUT2D eigenvalue weighted by Gasteiger charge is 2.15. The lowest BCUT2D eigenvalue weighted by Gasteiger charge is -2.15. The molecule has 20 heavy (non-hydrogen) atoms. The van der Waals surface area contributed by atoms with E-state index in [0.29, 0.717) is 23.8 Å². The maximum atomic E-state index is 11.7. The number of amides is 1. The Hall–Kier alpha value is -1.62. The molecule has 112 valence electrons. The number of methoxy groups -OCH3 is 3. The molecule has 0 saturated heterocycles. The van der Waals surface area contributed by atoms with Crippen LogP contribution in [-0.2, 0) is 11.3 Å². The standard InChI is InChI=1S/C14H20ClNO4/c1-9(7-15)14(17)16-8-10-5-12(19-3)13(20-4)6-11(10)18-2/h5-6,9H,7-8H2,1-4H3,(H,16,17). The van der Waals surface area contributed by atoms with Gasteiger partial charge >= 0.3 is 0 Å². The largest absolute Gasteiger partial charge is 0.496 e. The van der Waals surface area contributed by atoms with Crippen molar-refractivity contribution >= 4 is 17.5 Å². The third kappa shape index (κ3) is 3.93. The second kappa shape index (κ2) is 7.85. The van der Waals surface area contributed by atoms with E-state index in [1.807, 2.05) is 0 Å². The average Bonchev–Trinajstić information content (AvgIpc) is 2.50. The Morgan fingerprint density at radius 1 is 1.15 bits per heavy atom. The lowest BCUT2D eigenvalue weighted by atomic mass is 10.1. The summed E-state index contributed by atoms with van der Waals surface area (Å²) in [7, 11) is 4.68. The topological polar surface area (TPSA) is 56.8 Å². The van der Waals surface area contributed by atoms with Crippen LogP contribution in [0.3, 0.4) is 0 Å². The number of hydrogen-bond donors (Lipinski definition) is 1. The first-order chi connectivity index (χ1) is 9.57. The number of alkyl halides is 1. The van der Waals surface area contributed by atoms with Crippen LogP contribution in [0, 0.1) is 5.92 Å². The Morgan fingerprint density at radius 2 is 1.70 bits per heavy atom. The van der Waals surface area contributed by atoms with Gasteiger partial charge in [0.05, 0.1) is 21.3 Å². The molecule has 0 aromatic heterocycles. The Labute approximate surface area is 124 Å². The zero-order chi connectivity index (χ0) is 15.1. The van der Waals surface area contributed by atoms with E-state index in [-0.39, 0.29) is 17.7 Å². The molecule has 0 heterocycles. The lowest BCUT2D eigenvalue weighted by molar-refractivity contribution is -0.124. The molecule has 1 rings (SSSR count). The zero-order valence-corrected chi connectivity index (χ0v) is 12.9. The fourth-order valence-electron chi connectivity index (χ4n) is 1.66. The van der Waals surface area contributed by atoms with Crippen LogP contribution < -0.4 is 19.5 Å². The fraction of sp³-hybridized carbons (Fsp3) is 0.500. The SMILES string of the molecule is COc1cc(OC)c(OC)cc1CNC(=O)C(C)CCl. The first-order valence-electron chi connectivity index (χ1n) is 6.19. The van der Waals surface area contributed by atoms with Crippen molar-refractivity contribution in [2.75, 3.05) is 27.2 Å². The second-order valence-corrected chi connectivity index (χ2v) is 4.60. The summed E-state index contributed by atoms with van der Waals surface area (Å²) in [5.41, 5.74) is 0.806. The Bertz CT molecular complexity index is 465. The van der Waals surface area contributed by atoms with Gasteiger partial charge < -0.3 is 19.5 Å². The van der Waals surface area contributed by atoms with E-state index in [4.69, 9.17) is 25.8 Å². The molecule has 0 aliphatic heterocycles. The zero-order valence-electron chi connectivity index (χ0n) is 12.2. The van der Waals surface area contributed by atoms with Gasteiger partial charge in [0.2, 0.25) is 5.91 Å². The fourth-order valence-corrected chi connectivity index (χ4v) is 1.80. The smallest absolute Gasteiger partial charge is 0.224 e. The van der Waals surface area contributed by atoms with Gasteiger partial charge in [0.1, 0.15) is 5.75 Å². The maximum absolute atomic E-state index is 11.7. The molecule has 0 fully saturated rings. The Kier molecular flexibility index (Phi) is 6.45. The maximum Gasteiger partial charge on any atom is 0.224 e. The third-order valence-corrected chi connectivity index (χ3v) is 3.38. The summed E-state index contributed by atoms with van der Waals surface area (Å²) in [6.07, 6.45) is 0. The molecule has 1 aromatic carbocycles. The van der Waals surface area contributed by atoms with E-state index in [1.165, 1.54) is 0 Å². The van der Waals surface area contributed by atoms with Crippen molar-refractivity contribution in [1.82, 2.24) is 5.32 Å². The van der Waals surface area contributed by atoms with Gasteiger partial charge in [-0.05, 0) is 6.07 Å². The molecule has 1 N–H and O–H groups in total. The monoisotopic (exact) mass is 301 g/mol. The van der Waals surface area contributed by atoms with Gasteiger partial charge in [0.25, 0.3) is 0 Å². The predicted molar refractivity (Wildman–Crippen MR) is 77.8 cm³/mol. The normalized spacial score (nSPS) is 11.7. The lowest BCUT2D eigenvalue weighted by Crippen LogP contribution is -2.29. The van der Waals surface area contributed by atoms with Gasteiger partial charge in [0.15, 0.2) is 11.5 Å². The van der Waals surface area contributed by atoms with E-state index < -0.39 is 0 Å². The molecule has 1 atom stereocenters. The molecule has 0 radical (unpaired) electrons. The van der Waals surface area contributed by atoms with Crippen molar-refractivity contribution < 1.29 is 19.0 Å². The summed E-state index contributed by atoms with van der Waals surface area (Å²) in [6.45, 7) is 2.11. The first-order valence-corrected chi connectivity index (χ1v) is 6.73. The van der Waals surface area contributed by atoms with Gasteiger partial charge in [-0.15, -0.1) is 11.6 Å². The van der Waals surface area contributed by atoms with Crippen molar-refractivity contribution in [2.45, 2.75) is 13.5 Å². The van der Waals surface area contributed by atoms with Crippen molar-refractivity contribution in [1.29, 1.82) is 0 Å². The summed E-state index contributed by atoms with van der Waals surface area (Å²) in [5, 5.41) is 2.81. The van der Waals surface area contributed by atoms with Crippen molar-refractivity contribution in [3.05, 3.63) is 17.7 Å². The summed E-state index contributed by atoms with van der Waals surface area (Å²) in [6, 6.07) is 3.51. The first kappa shape index (κ1) is 16.4. The van der Waals surface area contributed by atoms with Gasteiger partial charge in [0, 0.05) is 30.0 Å². The summed E-state index contributed by atoms with van der Waals surface area (Å²) in [4.78, 5) is 11.7. The molecular formula is C14H20ClNO4. The number of carbonyl (C=O) groups is 1. The number of benzene rings is 1.